The second-order valence-electron chi connectivity index (χ2n) is 5.77. The third-order valence-electron chi connectivity index (χ3n) is 4.01. The summed E-state index contributed by atoms with van der Waals surface area (Å²) in [7, 11) is 1.64. The van der Waals surface area contributed by atoms with Crippen molar-refractivity contribution in [1.29, 1.82) is 0 Å². The molecule has 0 unspecified atom stereocenters. The van der Waals surface area contributed by atoms with E-state index in [4.69, 9.17) is 4.74 Å². The number of hydrogen-bond acceptors (Lipinski definition) is 3. The predicted molar refractivity (Wildman–Crippen MR) is 84.6 cm³/mol. The van der Waals surface area contributed by atoms with Crippen LogP contribution in [0.15, 0.2) is 24.3 Å². The van der Waals surface area contributed by atoms with E-state index in [0.717, 1.165) is 24.2 Å². The van der Waals surface area contributed by atoms with Gasteiger partial charge >= 0.3 is 0 Å². The monoisotopic (exact) mass is 304 g/mol. The lowest BCUT2D eigenvalue weighted by Crippen LogP contribution is -2.32. The molecule has 2 N–H and O–H groups in total. The highest BCUT2D eigenvalue weighted by atomic mass is 16.5. The van der Waals surface area contributed by atoms with Crippen molar-refractivity contribution in [3.8, 4) is 5.75 Å². The molecule has 120 valence electrons. The fourth-order valence-corrected chi connectivity index (χ4v) is 2.45. The maximum Gasteiger partial charge on any atom is 0.223 e. The van der Waals surface area contributed by atoms with Gasteiger partial charge in [0.1, 0.15) is 5.75 Å². The highest BCUT2D eigenvalue weighted by Crippen LogP contribution is 2.37. The van der Waals surface area contributed by atoms with Crippen LogP contribution >= 0.6 is 0 Å². The fourth-order valence-electron chi connectivity index (χ4n) is 2.45. The van der Waals surface area contributed by atoms with Crippen molar-refractivity contribution in [3.05, 3.63) is 29.8 Å². The number of benzene rings is 1. The number of rotatable bonds is 8. The zero-order valence-electron chi connectivity index (χ0n) is 13.2. The first-order valence-corrected chi connectivity index (χ1v) is 7.78. The average Bonchev–Trinajstić information content (AvgIpc) is 3.24. The number of ether oxygens (including phenoxy) is 1. The summed E-state index contributed by atoms with van der Waals surface area (Å²) < 4.78 is 5.27. The van der Waals surface area contributed by atoms with Gasteiger partial charge in [-0.25, -0.2) is 0 Å². The predicted octanol–water partition coefficient (Wildman–Crippen LogP) is 1.52. The third-order valence-corrected chi connectivity index (χ3v) is 4.01. The van der Waals surface area contributed by atoms with E-state index >= 15 is 0 Å². The Morgan fingerprint density at radius 3 is 2.64 bits per heavy atom. The Hall–Kier alpha value is -2.04. The molecule has 0 spiro atoms. The number of methoxy groups -OCH3 is 1. The molecule has 1 fully saturated rings. The minimum absolute atomic E-state index is 0.0426. The molecule has 0 aromatic heterocycles. The van der Waals surface area contributed by atoms with Crippen LogP contribution in [-0.4, -0.2) is 32.0 Å². The van der Waals surface area contributed by atoms with E-state index in [9.17, 15) is 9.59 Å². The van der Waals surface area contributed by atoms with Gasteiger partial charge in [-0.2, -0.15) is 0 Å². The Morgan fingerprint density at radius 1 is 1.23 bits per heavy atom. The molecule has 0 bridgehead atoms. The lowest BCUT2D eigenvalue weighted by Gasteiger charge is -2.09. The third kappa shape index (κ3) is 4.76. The van der Waals surface area contributed by atoms with Crippen LogP contribution in [0.2, 0.25) is 0 Å². The maximum absolute atomic E-state index is 11.7. The average molecular weight is 304 g/mol. The fraction of sp³-hybridized carbons (Fsp3) is 0.529. The van der Waals surface area contributed by atoms with Crippen LogP contribution in [0, 0.1) is 11.8 Å². The van der Waals surface area contributed by atoms with E-state index in [-0.39, 0.29) is 17.7 Å². The van der Waals surface area contributed by atoms with Gasteiger partial charge in [0.2, 0.25) is 11.8 Å². The molecule has 1 aliphatic carbocycles. The van der Waals surface area contributed by atoms with Crippen LogP contribution in [-0.2, 0) is 16.0 Å². The number of para-hydroxylation sites is 1. The van der Waals surface area contributed by atoms with Crippen molar-refractivity contribution in [2.75, 3.05) is 20.2 Å². The van der Waals surface area contributed by atoms with E-state index in [2.05, 4.69) is 17.6 Å². The van der Waals surface area contributed by atoms with E-state index in [1.807, 2.05) is 24.3 Å². The summed E-state index contributed by atoms with van der Waals surface area (Å²) in [5.74, 6) is 1.53. The molecule has 0 heterocycles. The van der Waals surface area contributed by atoms with Gasteiger partial charge in [0.05, 0.1) is 7.11 Å². The Bertz CT molecular complexity index is 530. The molecule has 1 saturated carbocycles. The van der Waals surface area contributed by atoms with E-state index in [1.165, 1.54) is 0 Å². The summed E-state index contributed by atoms with van der Waals surface area (Å²) in [4.78, 5) is 23.3. The molecule has 22 heavy (non-hydrogen) atoms. The van der Waals surface area contributed by atoms with Crippen LogP contribution < -0.4 is 15.4 Å². The first-order valence-electron chi connectivity index (χ1n) is 7.78. The molecule has 0 saturated heterocycles. The largest absolute Gasteiger partial charge is 0.496 e. The Labute approximate surface area is 131 Å². The standard InChI is InChI=1S/C17H24N2O3/c1-12-11-14(12)17(21)19-10-8-16(20)18-9-7-13-5-3-4-6-15(13)22-2/h3-6,12,14H,7-11H2,1-2H3,(H,18,20)(H,19,21)/t12-,14-/m1/s1. The Balaban J connectivity index is 1.60. The number of amides is 2. The van der Waals surface area contributed by atoms with Gasteiger partial charge in [0.15, 0.2) is 0 Å². The van der Waals surface area contributed by atoms with Crippen LogP contribution in [0.4, 0.5) is 0 Å². The summed E-state index contributed by atoms with van der Waals surface area (Å²) in [5.41, 5.74) is 1.07. The van der Waals surface area contributed by atoms with Crippen molar-refractivity contribution in [3.63, 3.8) is 0 Å². The minimum Gasteiger partial charge on any atom is -0.496 e. The number of nitrogens with one attached hydrogen (secondary N) is 2. The first-order chi connectivity index (χ1) is 10.6. The van der Waals surface area contributed by atoms with Crippen LogP contribution in [0.25, 0.3) is 0 Å². The minimum atomic E-state index is -0.0426. The van der Waals surface area contributed by atoms with Gasteiger partial charge in [-0.1, -0.05) is 25.1 Å². The zero-order valence-corrected chi connectivity index (χ0v) is 13.2. The number of carbonyl (C=O) groups excluding carboxylic acids is 2. The van der Waals surface area contributed by atoms with E-state index < -0.39 is 0 Å². The molecule has 5 nitrogen and oxygen atoms in total. The molecule has 2 amide bonds. The zero-order chi connectivity index (χ0) is 15.9. The molecular weight excluding hydrogens is 280 g/mol. The van der Waals surface area contributed by atoms with Gasteiger partial charge in [-0.05, 0) is 30.4 Å². The lowest BCUT2D eigenvalue weighted by molar-refractivity contribution is -0.123. The number of carbonyl (C=O) groups is 2. The second kappa shape index (κ2) is 7.82. The molecule has 0 aliphatic heterocycles. The molecule has 0 radical (unpaired) electrons. The molecule has 2 rings (SSSR count). The van der Waals surface area contributed by atoms with Gasteiger partial charge in [0, 0.05) is 25.4 Å². The summed E-state index contributed by atoms with van der Waals surface area (Å²) in [6, 6.07) is 7.77. The summed E-state index contributed by atoms with van der Waals surface area (Å²) in [6.07, 6.45) is 2.01. The molecular formula is C17H24N2O3. The SMILES string of the molecule is COc1ccccc1CCNC(=O)CCNC(=O)[C@@H]1C[C@H]1C. The van der Waals surface area contributed by atoms with Crippen molar-refractivity contribution in [2.45, 2.75) is 26.2 Å². The molecule has 2 atom stereocenters. The normalized spacial score (nSPS) is 19.4. The van der Waals surface area contributed by atoms with Gasteiger partial charge in [-0.3, -0.25) is 9.59 Å². The highest BCUT2D eigenvalue weighted by molar-refractivity contribution is 5.82. The van der Waals surface area contributed by atoms with Gasteiger partial charge in [0.25, 0.3) is 0 Å². The molecule has 1 aromatic carbocycles. The number of hydrogen-bond donors (Lipinski definition) is 2. The van der Waals surface area contributed by atoms with E-state index in [1.54, 1.807) is 7.11 Å². The van der Waals surface area contributed by atoms with Crippen molar-refractivity contribution < 1.29 is 14.3 Å². The van der Waals surface area contributed by atoms with Crippen LogP contribution in [0.5, 0.6) is 5.75 Å². The maximum atomic E-state index is 11.7. The first kappa shape index (κ1) is 16.3. The van der Waals surface area contributed by atoms with Crippen molar-refractivity contribution in [2.24, 2.45) is 11.8 Å². The summed E-state index contributed by atoms with van der Waals surface area (Å²) >= 11 is 0. The van der Waals surface area contributed by atoms with Crippen LogP contribution in [0.1, 0.15) is 25.3 Å². The quantitative estimate of drug-likeness (QED) is 0.765. The van der Waals surface area contributed by atoms with E-state index in [0.29, 0.717) is 25.4 Å². The Kier molecular flexibility index (Phi) is 5.81. The molecule has 5 heteroatoms. The second-order valence-corrected chi connectivity index (χ2v) is 5.77. The van der Waals surface area contributed by atoms with Gasteiger partial charge in [-0.15, -0.1) is 0 Å². The molecule has 1 aromatic rings. The topological polar surface area (TPSA) is 67.4 Å². The van der Waals surface area contributed by atoms with Gasteiger partial charge < -0.3 is 15.4 Å². The summed E-state index contributed by atoms with van der Waals surface area (Å²) in [6.45, 7) is 3.03. The van der Waals surface area contributed by atoms with Crippen molar-refractivity contribution in [1.82, 2.24) is 10.6 Å². The lowest BCUT2D eigenvalue weighted by atomic mass is 10.1. The molecule has 1 aliphatic rings. The summed E-state index contributed by atoms with van der Waals surface area (Å²) in [5, 5.41) is 5.68. The highest BCUT2D eigenvalue weighted by Gasteiger charge is 2.38. The van der Waals surface area contributed by atoms with Crippen LogP contribution in [0.3, 0.4) is 0 Å². The smallest absolute Gasteiger partial charge is 0.223 e. The van der Waals surface area contributed by atoms with Crippen molar-refractivity contribution >= 4 is 11.8 Å². The Morgan fingerprint density at radius 2 is 1.95 bits per heavy atom.